The molecule has 0 unspecified atom stereocenters. The predicted octanol–water partition coefficient (Wildman–Crippen LogP) is 2.46. The number of hydrogen-bond acceptors (Lipinski definition) is 3. The maximum atomic E-state index is 12.1. The van der Waals surface area contributed by atoms with Gasteiger partial charge in [-0.05, 0) is 24.6 Å². The van der Waals surface area contributed by atoms with E-state index < -0.39 is 0 Å². The van der Waals surface area contributed by atoms with E-state index in [1.807, 2.05) is 31.2 Å². The molecule has 1 aliphatic rings. The molecule has 1 fully saturated rings. The van der Waals surface area contributed by atoms with Crippen molar-refractivity contribution in [2.45, 2.75) is 19.1 Å². The van der Waals surface area contributed by atoms with E-state index in [0.717, 1.165) is 5.56 Å². The SMILES string of the molecule is CO[C@H](CNC(=O)N1CCO[C@H](C)C1)c1ccc(Cl)cc1. The average Bonchev–Trinajstić information content (AvgIpc) is 2.49. The first-order valence-corrected chi connectivity index (χ1v) is 7.40. The summed E-state index contributed by atoms with van der Waals surface area (Å²) in [5, 5.41) is 3.59. The lowest BCUT2D eigenvalue weighted by Gasteiger charge is -2.31. The standard InChI is InChI=1S/C15H21ClN2O3/c1-11-10-18(7-8-21-11)15(19)17-9-14(20-2)12-3-5-13(16)6-4-12/h3-6,11,14H,7-10H2,1-2H3,(H,17,19)/t11-,14-/m1/s1. The molecule has 1 heterocycles. The van der Waals surface area contributed by atoms with Crippen LogP contribution in [0.2, 0.25) is 5.02 Å². The number of urea groups is 1. The van der Waals surface area contributed by atoms with Crippen molar-refractivity contribution in [2.24, 2.45) is 0 Å². The maximum Gasteiger partial charge on any atom is 0.317 e. The lowest BCUT2D eigenvalue weighted by molar-refractivity contribution is -0.00412. The molecule has 6 heteroatoms. The summed E-state index contributed by atoms with van der Waals surface area (Å²) in [6.07, 6.45) is -0.108. The van der Waals surface area contributed by atoms with Gasteiger partial charge in [0.05, 0.1) is 18.8 Å². The van der Waals surface area contributed by atoms with Crippen LogP contribution >= 0.6 is 11.6 Å². The van der Waals surface area contributed by atoms with Crippen molar-refractivity contribution in [3.05, 3.63) is 34.9 Å². The Balaban J connectivity index is 1.87. The van der Waals surface area contributed by atoms with Crippen LogP contribution in [0.4, 0.5) is 4.79 Å². The molecule has 0 aliphatic carbocycles. The Morgan fingerprint density at radius 2 is 2.24 bits per heavy atom. The molecular weight excluding hydrogens is 292 g/mol. The molecule has 1 aliphatic heterocycles. The number of carbonyl (C=O) groups excluding carboxylic acids is 1. The van der Waals surface area contributed by atoms with Gasteiger partial charge in [0.15, 0.2) is 0 Å². The third-order valence-electron chi connectivity index (χ3n) is 3.49. The fourth-order valence-corrected chi connectivity index (χ4v) is 2.44. The van der Waals surface area contributed by atoms with Gasteiger partial charge in [0.2, 0.25) is 0 Å². The van der Waals surface area contributed by atoms with Gasteiger partial charge in [0.25, 0.3) is 0 Å². The first kappa shape index (κ1) is 16.1. The quantitative estimate of drug-likeness (QED) is 0.929. The van der Waals surface area contributed by atoms with Crippen molar-refractivity contribution >= 4 is 17.6 Å². The molecule has 1 aromatic carbocycles. The third kappa shape index (κ3) is 4.59. The van der Waals surface area contributed by atoms with Crippen molar-refractivity contribution in [2.75, 3.05) is 33.4 Å². The number of carbonyl (C=O) groups is 1. The number of amides is 2. The fourth-order valence-electron chi connectivity index (χ4n) is 2.31. The fraction of sp³-hybridized carbons (Fsp3) is 0.533. The minimum Gasteiger partial charge on any atom is -0.375 e. The molecule has 2 amide bonds. The molecule has 1 N–H and O–H groups in total. The summed E-state index contributed by atoms with van der Waals surface area (Å²) in [5.74, 6) is 0. The molecule has 1 aromatic rings. The van der Waals surface area contributed by atoms with Crippen LogP contribution in [0.15, 0.2) is 24.3 Å². The third-order valence-corrected chi connectivity index (χ3v) is 3.75. The highest BCUT2D eigenvalue weighted by Crippen LogP contribution is 2.18. The number of ether oxygens (including phenoxy) is 2. The van der Waals surface area contributed by atoms with E-state index in [1.165, 1.54) is 0 Å². The van der Waals surface area contributed by atoms with E-state index in [1.54, 1.807) is 12.0 Å². The predicted molar refractivity (Wildman–Crippen MR) is 81.6 cm³/mol. The van der Waals surface area contributed by atoms with Crippen molar-refractivity contribution in [3.63, 3.8) is 0 Å². The Morgan fingerprint density at radius 1 is 1.52 bits per heavy atom. The summed E-state index contributed by atoms with van der Waals surface area (Å²) in [6, 6.07) is 7.35. The minimum absolute atomic E-state index is 0.0823. The van der Waals surface area contributed by atoms with Crippen LogP contribution in [0.3, 0.4) is 0 Å². The van der Waals surface area contributed by atoms with E-state index in [-0.39, 0.29) is 18.2 Å². The molecule has 116 valence electrons. The van der Waals surface area contributed by atoms with Crippen molar-refractivity contribution in [1.29, 1.82) is 0 Å². The Morgan fingerprint density at radius 3 is 2.86 bits per heavy atom. The Kier molecular flexibility index (Phi) is 5.85. The van der Waals surface area contributed by atoms with E-state index >= 15 is 0 Å². The first-order chi connectivity index (χ1) is 10.1. The molecule has 2 rings (SSSR count). The van der Waals surface area contributed by atoms with Crippen molar-refractivity contribution < 1.29 is 14.3 Å². The normalized spacial score (nSPS) is 20.1. The number of benzene rings is 1. The van der Waals surface area contributed by atoms with Crippen LogP contribution in [0.1, 0.15) is 18.6 Å². The van der Waals surface area contributed by atoms with Gasteiger partial charge in [0, 0.05) is 31.8 Å². The van der Waals surface area contributed by atoms with E-state index in [0.29, 0.717) is 31.3 Å². The summed E-state index contributed by atoms with van der Waals surface area (Å²) in [5.41, 5.74) is 0.984. The first-order valence-electron chi connectivity index (χ1n) is 7.02. The van der Waals surface area contributed by atoms with Gasteiger partial charge >= 0.3 is 6.03 Å². The van der Waals surface area contributed by atoms with E-state index in [4.69, 9.17) is 21.1 Å². The zero-order chi connectivity index (χ0) is 15.2. The number of morpholine rings is 1. The van der Waals surface area contributed by atoms with Gasteiger partial charge in [-0.1, -0.05) is 23.7 Å². The highest BCUT2D eigenvalue weighted by Gasteiger charge is 2.22. The topological polar surface area (TPSA) is 50.8 Å². The monoisotopic (exact) mass is 312 g/mol. The van der Waals surface area contributed by atoms with E-state index in [2.05, 4.69) is 5.32 Å². The lowest BCUT2D eigenvalue weighted by atomic mass is 10.1. The molecule has 5 nitrogen and oxygen atoms in total. The Hall–Kier alpha value is -1.30. The van der Waals surface area contributed by atoms with Crippen LogP contribution in [0.25, 0.3) is 0 Å². The number of rotatable bonds is 4. The average molecular weight is 313 g/mol. The zero-order valence-corrected chi connectivity index (χ0v) is 13.1. The number of nitrogens with zero attached hydrogens (tertiary/aromatic N) is 1. The number of hydrogen-bond donors (Lipinski definition) is 1. The van der Waals surface area contributed by atoms with Gasteiger partial charge in [-0.3, -0.25) is 0 Å². The van der Waals surface area contributed by atoms with Gasteiger partial charge < -0.3 is 19.7 Å². The highest BCUT2D eigenvalue weighted by atomic mass is 35.5. The number of nitrogens with one attached hydrogen (secondary N) is 1. The molecule has 0 aromatic heterocycles. The number of halogens is 1. The Bertz CT molecular complexity index is 466. The summed E-state index contributed by atoms with van der Waals surface area (Å²) < 4.78 is 10.9. The molecule has 0 bridgehead atoms. The van der Waals surface area contributed by atoms with Crippen LogP contribution in [-0.2, 0) is 9.47 Å². The molecule has 21 heavy (non-hydrogen) atoms. The highest BCUT2D eigenvalue weighted by molar-refractivity contribution is 6.30. The largest absolute Gasteiger partial charge is 0.375 e. The van der Waals surface area contributed by atoms with Crippen LogP contribution < -0.4 is 5.32 Å². The summed E-state index contributed by atoms with van der Waals surface area (Å²) in [7, 11) is 1.63. The van der Waals surface area contributed by atoms with Crippen LogP contribution in [-0.4, -0.2) is 50.4 Å². The zero-order valence-electron chi connectivity index (χ0n) is 12.3. The molecule has 0 saturated carbocycles. The van der Waals surface area contributed by atoms with Gasteiger partial charge in [-0.15, -0.1) is 0 Å². The lowest BCUT2D eigenvalue weighted by Crippen LogP contribution is -2.49. The summed E-state index contributed by atoms with van der Waals surface area (Å²) in [4.78, 5) is 13.9. The van der Waals surface area contributed by atoms with Crippen LogP contribution in [0, 0.1) is 0 Å². The van der Waals surface area contributed by atoms with Crippen LogP contribution in [0.5, 0.6) is 0 Å². The van der Waals surface area contributed by atoms with E-state index in [9.17, 15) is 4.79 Å². The molecule has 0 radical (unpaired) electrons. The molecule has 0 spiro atoms. The van der Waals surface area contributed by atoms with Crippen molar-refractivity contribution in [1.82, 2.24) is 10.2 Å². The minimum atomic E-state index is -0.190. The number of methoxy groups -OCH3 is 1. The maximum absolute atomic E-state index is 12.1. The molecular formula is C15H21ClN2O3. The Labute approximate surface area is 130 Å². The van der Waals surface area contributed by atoms with Gasteiger partial charge in [-0.2, -0.15) is 0 Å². The summed E-state index contributed by atoms with van der Waals surface area (Å²) in [6.45, 7) is 4.20. The molecule has 2 atom stereocenters. The second-order valence-corrected chi connectivity index (χ2v) is 5.53. The van der Waals surface area contributed by atoms with Gasteiger partial charge in [0.1, 0.15) is 0 Å². The second-order valence-electron chi connectivity index (χ2n) is 5.09. The van der Waals surface area contributed by atoms with Gasteiger partial charge in [-0.25, -0.2) is 4.79 Å². The second kappa shape index (κ2) is 7.64. The molecule has 1 saturated heterocycles. The summed E-state index contributed by atoms with van der Waals surface area (Å²) >= 11 is 5.87. The van der Waals surface area contributed by atoms with Crippen molar-refractivity contribution in [3.8, 4) is 0 Å². The smallest absolute Gasteiger partial charge is 0.317 e.